The number of hydrogen-bond acceptors (Lipinski definition) is 3. The summed E-state index contributed by atoms with van der Waals surface area (Å²) >= 11 is 11.7. The lowest BCUT2D eigenvalue weighted by atomic mass is 10.2. The SMILES string of the molecule is Cc1ccc(Cl)cc1Oc1ccc([N+](=O)[O-])cc1CCl. The topological polar surface area (TPSA) is 52.4 Å². The van der Waals surface area contributed by atoms with Crippen molar-refractivity contribution >= 4 is 28.9 Å². The van der Waals surface area contributed by atoms with Gasteiger partial charge in [-0.05, 0) is 30.7 Å². The number of hydrogen-bond donors (Lipinski definition) is 0. The van der Waals surface area contributed by atoms with Crippen molar-refractivity contribution in [1.82, 2.24) is 0 Å². The van der Waals surface area contributed by atoms with Crippen molar-refractivity contribution in [2.24, 2.45) is 0 Å². The van der Waals surface area contributed by atoms with E-state index in [2.05, 4.69) is 0 Å². The molecule has 104 valence electrons. The molecule has 0 aliphatic heterocycles. The summed E-state index contributed by atoms with van der Waals surface area (Å²) in [6, 6.07) is 9.62. The van der Waals surface area contributed by atoms with E-state index in [1.165, 1.54) is 18.2 Å². The molecule has 4 nitrogen and oxygen atoms in total. The van der Waals surface area contributed by atoms with Crippen LogP contribution >= 0.6 is 23.2 Å². The molecule has 2 rings (SSSR count). The molecule has 0 aliphatic carbocycles. The van der Waals surface area contributed by atoms with Gasteiger partial charge in [0.25, 0.3) is 5.69 Å². The third-order valence-electron chi connectivity index (χ3n) is 2.77. The fourth-order valence-electron chi connectivity index (χ4n) is 1.69. The van der Waals surface area contributed by atoms with Crippen LogP contribution in [-0.2, 0) is 5.88 Å². The van der Waals surface area contributed by atoms with Crippen molar-refractivity contribution in [3.63, 3.8) is 0 Å². The quantitative estimate of drug-likeness (QED) is 0.449. The molecule has 0 heterocycles. The van der Waals surface area contributed by atoms with E-state index in [0.717, 1.165) is 5.56 Å². The molecule has 0 saturated heterocycles. The van der Waals surface area contributed by atoms with Crippen LogP contribution in [0.4, 0.5) is 5.69 Å². The first-order valence-electron chi connectivity index (χ1n) is 5.78. The maximum Gasteiger partial charge on any atom is 0.270 e. The number of alkyl halides is 1. The van der Waals surface area contributed by atoms with Gasteiger partial charge in [0.1, 0.15) is 11.5 Å². The Balaban J connectivity index is 2.38. The van der Waals surface area contributed by atoms with Crippen molar-refractivity contribution in [2.45, 2.75) is 12.8 Å². The first-order valence-corrected chi connectivity index (χ1v) is 6.70. The van der Waals surface area contributed by atoms with Crippen LogP contribution in [0.25, 0.3) is 0 Å². The van der Waals surface area contributed by atoms with Gasteiger partial charge in [-0.2, -0.15) is 0 Å². The number of benzene rings is 2. The number of non-ortho nitro benzene ring substituents is 1. The molecule has 2 aromatic carbocycles. The largest absolute Gasteiger partial charge is 0.457 e. The molecule has 6 heteroatoms. The minimum absolute atomic E-state index is 0.0178. The highest BCUT2D eigenvalue weighted by Gasteiger charge is 2.12. The summed E-state index contributed by atoms with van der Waals surface area (Å²) in [5.41, 5.74) is 1.45. The van der Waals surface area contributed by atoms with Gasteiger partial charge in [0.2, 0.25) is 0 Å². The Kier molecular flexibility index (Phi) is 4.47. The highest BCUT2D eigenvalue weighted by Crippen LogP contribution is 2.32. The number of nitrogens with zero attached hydrogens (tertiary/aromatic N) is 1. The Morgan fingerprint density at radius 3 is 2.60 bits per heavy atom. The van der Waals surface area contributed by atoms with E-state index in [0.29, 0.717) is 22.1 Å². The summed E-state index contributed by atoms with van der Waals surface area (Å²) in [5.74, 6) is 1.20. The summed E-state index contributed by atoms with van der Waals surface area (Å²) in [6.45, 7) is 1.89. The Hall–Kier alpha value is -1.78. The molecule has 2 aromatic rings. The Morgan fingerprint density at radius 2 is 1.95 bits per heavy atom. The van der Waals surface area contributed by atoms with Crippen LogP contribution < -0.4 is 4.74 Å². The molecule has 0 saturated carbocycles. The maximum absolute atomic E-state index is 10.7. The number of halogens is 2. The summed E-state index contributed by atoms with van der Waals surface area (Å²) in [6.07, 6.45) is 0. The Morgan fingerprint density at radius 1 is 1.20 bits per heavy atom. The minimum atomic E-state index is -0.468. The Labute approximate surface area is 126 Å². The number of rotatable bonds is 4. The average Bonchev–Trinajstić information content (AvgIpc) is 2.43. The average molecular weight is 312 g/mol. The third-order valence-corrected chi connectivity index (χ3v) is 3.29. The van der Waals surface area contributed by atoms with Gasteiger partial charge >= 0.3 is 0 Å². The third kappa shape index (κ3) is 3.21. The molecule has 0 aliphatic rings. The van der Waals surface area contributed by atoms with Gasteiger partial charge < -0.3 is 4.74 Å². The highest BCUT2D eigenvalue weighted by atomic mass is 35.5. The summed E-state index contributed by atoms with van der Waals surface area (Å²) in [5, 5.41) is 11.3. The predicted octanol–water partition coefficient (Wildman–Crippen LogP) is 5.09. The monoisotopic (exact) mass is 311 g/mol. The zero-order valence-electron chi connectivity index (χ0n) is 10.6. The lowest BCUT2D eigenvalue weighted by molar-refractivity contribution is -0.384. The van der Waals surface area contributed by atoms with Crippen LogP contribution in [0.1, 0.15) is 11.1 Å². The fraction of sp³-hybridized carbons (Fsp3) is 0.143. The zero-order valence-corrected chi connectivity index (χ0v) is 12.1. The van der Waals surface area contributed by atoms with Gasteiger partial charge in [-0.25, -0.2) is 0 Å². The zero-order chi connectivity index (χ0) is 14.7. The van der Waals surface area contributed by atoms with Gasteiger partial charge in [0.05, 0.1) is 10.8 Å². The first kappa shape index (κ1) is 14.6. The first-order chi connectivity index (χ1) is 9.51. The Bertz CT molecular complexity index is 659. The molecule has 0 spiro atoms. The molecule has 0 amide bonds. The molecule has 0 N–H and O–H groups in total. The van der Waals surface area contributed by atoms with Crippen molar-refractivity contribution in [3.05, 3.63) is 62.7 Å². The smallest absolute Gasteiger partial charge is 0.270 e. The van der Waals surface area contributed by atoms with Crippen molar-refractivity contribution in [1.29, 1.82) is 0 Å². The molecule has 0 fully saturated rings. The fourth-order valence-corrected chi connectivity index (χ4v) is 2.06. The molecule has 0 aromatic heterocycles. The van der Waals surface area contributed by atoms with Crippen LogP contribution in [-0.4, -0.2) is 4.92 Å². The molecule has 0 atom stereocenters. The van der Waals surface area contributed by atoms with Crippen LogP contribution in [0, 0.1) is 17.0 Å². The van der Waals surface area contributed by atoms with Gasteiger partial charge in [-0.3, -0.25) is 10.1 Å². The molecule has 0 radical (unpaired) electrons. The highest BCUT2D eigenvalue weighted by molar-refractivity contribution is 6.30. The summed E-state index contributed by atoms with van der Waals surface area (Å²) in [7, 11) is 0. The van der Waals surface area contributed by atoms with E-state index in [1.54, 1.807) is 12.1 Å². The lowest BCUT2D eigenvalue weighted by Gasteiger charge is -2.11. The van der Waals surface area contributed by atoms with Gasteiger partial charge in [0.15, 0.2) is 0 Å². The minimum Gasteiger partial charge on any atom is -0.457 e. The van der Waals surface area contributed by atoms with Crippen LogP contribution in [0.2, 0.25) is 5.02 Å². The van der Waals surface area contributed by atoms with Crippen molar-refractivity contribution in [2.75, 3.05) is 0 Å². The molecular formula is C14H11Cl2NO3. The summed E-state index contributed by atoms with van der Waals surface area (Å²) in [4.78, 5) is 10.3. The number of ether oxygens (including phenoxy) is 1. The van der Waals surface area contributed by atoms with Crippen molar-refractivity contribution < 1.29 is 9.66 Å². The van der Waals surface area contributed by atoms with Crippen LogP contribution in [0.5, 0.6) is 11.5 Å². The number of nitro benzene ring substituents is 1. The van der Waals surface area contributed by atoms with Gasteiger partial charge in [-0.15, -0.1) is 11.6 Å². The van der Waals surface area contributed by atoms with E-state index in [-0.39, 0.29) is 11.6 Å². The predicted molar refractivity (Wildman–Crippen MR) is 78.9 cm³/mol. The second-order valence-electron chi connectivity index (χ2n) is 4.19. The molecular weight excluding hydrogens is 301 g/mol. The van der Waals surface area contributed by atoms with Crippen LogP contribution in [0.3, 0.4) is 0 Å². The molecule has 0 bridgehead atoms. The van der Waals surface area contributed by atoms with Gasteiger partial charge in [-0.1, -0.05) is 17.7 Å². The van der Waals surface area contributed by atoms with E-state index < -0.39 is 4.92 Å². The lowest BCUT2D eigenvalue weighted by Crippen LogP contribution is -1.94. The van der Waals surface area contributed by atoms with E-state index in [4.69, 9.17) is 27.9 Å². The molecule has 20 heavy (non-hydrogen) atoms. The van der Waals surface area contributed by atoms with E-state index >= 15 is 0 Å². The second-order valence-corrected chi connectivity index (χ2v) is 4.90. The number of aryl methyl sites for hydroxylation is 1. The van der Waals surface area contributed by atoms with E-state index in [9.17, 15) is 10.1 Å². The standard InChI is InChI=1S/C14H11Cl2NO3/c1-9-2-3-11(16)7-14(9)20-13-5-4-12(17(18)19)6-10(13)8-15/h2-7H,8H2,1H3. The van der Waals surface area contributed by atoms with Gasteiger partial charge in [0, 0.05) is 22.7 Å². The second kappa shape index (κ2) is 6.11. The van der Waals surface area contributed by atoms with Crippen molar-refractivity contribution in [3.8, 4) is 11.5 Å². The normalized spacial score (nSPS) is 10.3. The van der Waals surface area contributed by atoms with Crippen LogP contribution in [0.15, 0.2) is 36.4 Å². The molecule has 0 unspecified atom stereocenters. The summed E-state index contributed by atoms with van der Waals surface area (Å²) < 4.78 is 5.76. The maximum atomic E-state index is 10.7. The number of nitro groups is 1. The van der Waals surface area contributed by atoms with E-state index in [1.807, 2.05) is 13.0 Å².